The zero-order chi connectivity index (χ0) is 15.6. The molecule has 3 unspecified atom stereocenters. The van der Waals surface area contributed by atoms with E-state index in [1.807, 2.05) is 0 Å². The zero-order valence-electron chi connectivity index (χ0n) is 13.2. The predicted molar refractivity (Wildman–Crippen MR) is 84.4 cm³/mol. The van der Waals surface area contributed by atoms with Crippen LogP contribution in [0.5, 0.6) is 5.88 Å². The number of aryl methyl sites for hydroxylation is 1. The Morgan fingerprint density at radius 3 is 2.87 bits per heavy atom. The summed E-state index contributed by atoms with van der Waals surface area (Å²) < 4.78 is 11.3. The van der Waals surface area contributed by atoms with Crippen molar-refractivity contribution in [2.24, 2.45) is 0 Å². The molecule has 1 aromatic heterocycles. The van der Waals surface area contributed by atoms with E-state index in [9.17, 15) is 5.11 Å². The average molecular weight is 317 g/mol. The van der Waals surface area contributed by atoms with Crippen molar-refractivity contribution in [3.8, 4) is 5.88 Å². The fourth-order valence-corrected chi connectivity index (χ4v) is 3.42. The Bertz CT molecular complexity index is 605. The second-order valence-corrected chi connectivity index (χ2v) is 6.45. The Morgan fingerprint density at radius 1 is 1.17 bits per heavy atom. The van der Waals surface area contributed by atoms with E-state index in [2.05, 4.69) is 17.5 Å². The summed E-state index contributed by atoms with van der Waals surface area (Å²) in [5, 5.41) is 13.4. The lowest BCUT2D eigenvalue weighted by Crippen LogP contribution is -2.32. The van der Waals surface area contributed by atoms with Gasteiger partial charge < -0.3 is 19.9 Å². The molecule has 124 valence electrons. The fraction of sp³-hybridized carbons (Fsp3) is 0.647. The van der Waals surface area contributed by atoms with Crippen molar-refractivity contribution in [3.05, 3.63) is 29.2 Å². The Hall–Kier alpha value is -1.50. The third kappa shape index (κ3) is 3.11. The van der Waals surface area contributed by atoms with Crippen LogP contribution >= 0.6 is 0 Å². The van der Waals surface area contributed by atoms with E-state index in [1.165, 1.54) is 0 Å². The van der Waals surface area contributed by atoms with Crippen LogP contribution in [0.4, 0.5) is 0 Å². The molecule has 23 heavy (non-hydrogen) atoms. The first-order chi connectivity index (χ1) is 11.3. The highest BCUT2D eigenvalue weighted by Crippen LogP contribution is 2.31. The van der Waals surface area contributed by atoms with Crippen LogP contribution in [0, 0.1) is 0 Å². The maximum absolute atomic E-state index is 9.96. The van der Waals surface area contributed by atoms with Crippen molar-refractivity contribution < 1.29 is 14.6 Å². The van der Waals surface area contributed by atoms with Gasteiger partial charge in [0.15, 0.2) is 6.10 Å². The molecule has 6 heteroatoms. The minimum absolute atomic E-state index is 0.138. The largest absolute Gasteiger partial charge is 0.469 e. The number of rotatable bonds is 3. The first kappa shape index (κ1) is 15.1. The Morgan fingerprint density at radius 2 is 2.09 bits per heavy atom. The Balaban J connectivity index is 1.66. The zero-order valence-corrected chi connectivity index (χ0v) is 13.2. The molecule has 0 spiro atoms. The summed E-state index contributed by atoms with van der Waals surface area (Å²) in [7, 11) is 0. The van der Waals surface area contributed by atoms with Gasteiger partial charge in [-0.25, -0.2) is 4.98 Å². The van der Waals surface area contributed by atoms with Crippen LogP contribution in [-0.4, -0.2) is 47.0 Å². The van der Waals surface area contributed by atoms with Crippen molar-refractivity contribution in [2.45, 2.75) is 50.4 Å². The lowest BCUT2D eigenvalue weighted by molar-refractivity contribution is 0.0690. The van der Waals surface area contributed by atoms with Crippen molar-refractivity contribution in [3.63, 3.8) is 0 Å². The standard InChI is InChI=1S/C17H23N3O3/c21-14-9-22-10-15(14)23-17-11-5-1-2-6-12(11)19-16(20-17)13-7-3-4-8-18-13/h3-4,13-15,18,21H,1-2,5-10H2. The Labute approximate surface area is 135 Å². The summed E-state index contributed by atoms with van der Waals surface area (Å²) >= 11 is 0. The molecule has 3 heterocycles. The molecule has 1 fully saturated rings. The van der Waals surface area contributed by atoms with E-state index in [0.717, 1.165) is 55.7 Å². The van der Waals surface area contributed by atoms with E-state index in [-0.39, 0.29) is 12.1 Å². The monoisotopic (exact) mass is 317 g/mol. The van der Waals surface area contributed by atoms with Gasteiger partial charge in [0.1, 0.15) is 11.9 Å². The minimum Gasteiger partial charge on any atom is -0.469 e. The highest BCUT2D eigenvalue weighted by Gasteiger charge is 2.31. The first-order valence-electron chi connectivity index (χ1n) is 8.52. The lowest BCUT2D eigenvalue weighted by atomic mass is 9.96. The number of nitrogens with zero attached hydrogens (tertiary/aromatic N) is 2. The smallest absolute Gasteiger partial charge is 0.220 e. The second kappa shape index (κ2) is 6.55. The molecular formula is C17H23N3O3. The fourth-order valence-electron chi connectivity index (χ4n) is 3.42. The van der Waals surface area contributed by atoms with E-state index in [1.54, 1.807) is 0 Å². The van der Waals surface area contributed by atoms with Gasteiger partial charge in [-0.3, -0.25) is 0 Å². The van der Waals surface area contributed by atoms with Crippen LogP contribution in [0.3, 0.4) is 0 Å². The van der Waals surface area contributed by atoms with Gasteiger partial charge in [0.25, 0.3) is 0 Å². The van der Waals surface area contributed by atoms with E-state index < -0.39 is 6.10 Å². The molecule has 0 amide bonds. The number of hydrogen-bond donors (Lipinski definition) is 2. The lowest BCUT2D eigenvalue weighted by Gasteiger charge is -2.25. The third-order valence-corrected chi connectivity index (χ3v) is 4.76. The molecule has 0 aromatic carbocycles. The molecule has 6 nitrogen and oxygen atoms in total. The third-order valence-electron chi connectivity index (χ3n) is 4.76. The maximum Gasteiger partial charge on any atom is 0.220 e. The van der Waals surface area contributed by atoms with Crippen molar-refractivity contribution in [1.82, 2.24) is 15.3 Å². The SMILES string of the molecule is OC1COCC1Oc1nc(C2CC=CCN2)nc2c1CCCC2. The van der Waals surface area contributed by atoms with Crippen molar-refractivity contribution >= 4 is 0 Å². The molecule has 0 saturated carbocycles. The molecule has 1 aliphatic carbocycles. The van der Waals surface area contributed by atoms with Crippen LogP contribution < -0.4 is 10.1 Å². The highest BCUT2D eigenvalue weighted by molar-refractivity contribution is 5.34. The van der Waals surface area contributed by atoms with Gasteiger partial charge in [0.2, 0.25) is 5.88 Å². The number of ether oxygens (including phenoxy) is 2. The molecule has 0 bridgehead atoms. The number of fused-ring (bicyclic) bond motifs is 1. The van der Waals surface area contributed by atoms with Gasteiger partial charge in [-0.15, -0.1) is 0 Å². The van der Waals surface area contributed by atoms with Crippen molar-refractivity contribution in [1.29, 1.82) is 0 Å². The molecule has 2 aliphatic heterocycles. The molecular weight excluding hydrogens is 294 g/mol. The minimum atomic E-state index is -0.580. The van der Waals surface area contributed by atoms with E-state index in [0.29, 0.717) is 19.1 Å². The maximum atomic E-state index is 9.96. The van der Waals surface area contributed by atoms with E-state index in [4.69, 9.17) is 19.4 Å². The van der Waals surface area contributed by atoms with Gasteiger partial charge >= 0.3 is 0 Å². The topological polar surface area (TPSA) is 76.5 Å². The quantitative estimate of drug-likeness (QED) is 0.813. The summed E-state index contributed by atoms with van der Waals surface area (Å²) in [5.74, 6) is 1.45. The van der Waals surface area contributed by atoms with Crippen LogP contribution in [0.2, 0.25) is 0 Å². The first-order valence-corrected chi connectivity index (χ1v) is 8.52. The van der Waals surface area contributed by atoms with Crippen LogP contribution in [-0.2, 0) is 17.6 Å². The van der Waals surface area contributed by atoms with Gasteiger partial charge in [-0.2, -0.15) is 4.98 Å². The molecule has 1 aromatic rings. The van der Waals surface area contributed by atoms with Gasteiger partial charge in [0.05, 0.1) is 24.9 Å². The summed E-state index contributed by atoms with van der Waals surface area (Å²) in [5.41, 5.74) is 2.23. The molecule has 2 N–H and O–H groups in total. The number of aliphatic hydroxyl groups excluding tert-OH is 1. The summed E-state index contributed by atoms with van der Waals surface area (Å²) in [6.45, 7) is 1.59. The van der Waals surface area contributed by atoms with Gasteiger partial charge in [-0.1, -0.05) is 12.2 Å². The molecule has 1 saturated heterocycles. The van der Waals surface area contributed by atoms with Crippen LogP contribution in [0.1, 0.15) is 42.4 Å². The van der Waals surface area contributed by atoms with Gasteiger partial charge in [-0.05, 0) is 32.1 Å². The molecule has 0 radical (unpaired) electrons. The molecule has 3 aliphatic rings. The average Bonchev–Trinajstić information content (AvgIpc) is 3.00. The van der Waals surface area contributed by atoms with Crippen molar-refractivity contribution in [2.75, 3.05) is 19.8 Å². The number of aliphatic hydroxyl groups is 1. The number of aromatic nitrogens is 2. The van der Waals surface area contributed by atoms with E-state index >= 15 is 0 Å². The second-order valence-electron chi connectivity index (χ2n) is 6.45. The summed E-state index contributed by atoms with van der Waals surface area (Å²) in [6, 6.07) is 0.138. The highest BCUT2D eigenvalue weighted by atomic mass is 16.6. The number of nitrogens with one attached hydrogen (secondary N) is 1. The summed E-state index contributed by atoms with van der Waals surface area (Å²) in [4.78, 5) is 9.52. The number of hydrogen-bond acceptors (Lipinski definition) is 6. The van der Waals surface area contributed by atoms with Gasteiger partial charge in [0, 0.05) is 12.1 Å². The summed E-state index contributed by atoms with van der Waals surface area (Å²) in [6.07, 6.45) is 8.51. The van der Waals surface area contributed by atoms with Crippen LogP contribution in [0.25, 0.3) is 0 Å². The molecule has 4 rings (SSSR count). The Kier molecular flexibility index (Phi) is 4.29. The van der Waals surface area contributed by atoms with Crippen LogP contribution in [0.15, 0.2) is 12.2 Å². The normalized spacial score (nSPS) is 30.2. The predicted octanol–water partition coefficient (Wildman–Crippen LogP) is 1.08. The molecule has 3 atom stereocenters.